The molecule has 44 valence electrons. The Bertz CT molecular complexity index is 99.5. The molecule has 0 radical (unpaired) electrons. The molecule has 0 amide bonds. The van der Waals surface area contributed by atoms with E-state index in [1.54, 1.807) is 0 Å². The fourth-order valence-electron chi connectivity index (χ4n) is 0.129. The Labute approximate surface area is 120 Å². The number of rotatable bonds is 2. The molecule has 6 heteroatoms. The van der Waals surface area contributed by atoms with E-state index in [0.717, 1.165) is 0 Å². The Balaban J connectivity index is -0.0000000300. The number of carboxylic acids is 2. The molecular formula is C3H6KNaO4. The van der Waals surface area contributed by atoms with Crippen LogP contribution in [0, 0.1) is 0 Å². The van der Waals surface area contributed by atoms with Gasteiger partial charge in [0.2, 0.25) is 0 Å². The van der Waals surface area contributed by atoms with Crippen molar-refractivity contribution in [2.45, 2.75) is 6.42 Å². The molecule has 0 rings (SSSR count). The van der Waals surface area contributed by atoms with Crippen LogP contribution in [-0.4, -0.2) is 22.2 Å². The molecule has 0 saturated heterocycles. The van der Waals surface area contributed by atoms with Crippen LogP contribution in [0.15, 0.2) is 0 Å². The molecule has 9 heavy (non-hydrogen) atoms. The molecule has 0 saturated carbocycles. The van der Waals surface area contributed by atoms with Crippen molar-refractivity contribution in [3.63, 3.8) is 0 Å². The monoisotopic (exact) mass is 168 g/mol. The molecule has 0 aromatic rings. The normalized spacial score (nSPS) is 6.22. The van der Waals surface area contributed by atoms with E-state index in [4.69, 9.17) is 10.2 Å². The summed E-state index contributed by atoms with van der Waals surface area (Å²) in [4.78, 5) is 18.9. The van der Waals surface area contributed by atoms with Crippen LogP contribution in [0.25, 0.3) is 0 Å². The third-order valence-corrected chi connectivity index (χ3v) is 0.302. The summed E-state index contributed by atoms with van der Waals surface area (Å²) in [6, 6.07) is 0. The fourth-order valence-corrected chi connectivity index (χ4v) is 0.129. The van der Waals surface area contributed by atoms with E-state index < -0.39 is 18.4 Å². The number of aliphatic carboxylic acids is 2. The van der Waals surface area contributed by atoms with Gasteiger partial charge in [0.05, 0.1) is 0 Å². The minimum absolute atomic E-state index is 0. The van der Waals surface area contributed by atoms with E-state index in [0.29, 0.717) is 0 Å². The third kappa shape index (κ3) is 17.7. The van der Waals surface area contributed by atoms with Gasteiger partial charge in [0, 0.05) is 0 Å². The second-order valence-electron chi connectivity index (χ2n) is 0.964. The molecule has 0 aliphatic heterocycles. The Morgan fingerprint density at radius 3 is 1.44 bits per heavy atom. The van der Waals surface area contributed by atoms with Crippen LogP contribution < -0.4 is 80.9 Å². The van der Waals surface area contributed by atoms with Gasteiger partial charge in [0.1, 0.15) is 6.42 Å². The predicted molar refractivity (Wildman–Crippen MR) is 22.1 cm³/mol. The van der Waals surface area contributed by atoms with Crippen molar-refractivity contribution in [3.05, 3.63) is 0 Å². The van der Waals surface area contributed by atoms with Crippen molar-refractivity contribution in [2.24, 2.45) is 0 Å². The first-order chi connectivity index (χ1) is 3.13. The minimum Gasteiger partial charge on any atom is -1.00 e. The Kier molecular flexibility index (Phi) is 18.0. The summed E-state index contributed by atoms with van der Waals surface area (Å²) < 4.78 is 0. The summed E-state index contributed by atoms with van der Waals surface area (Å²) >= 11 is 0. The first-order valence-corrected chi connectivity index (χ1v) is 1.56. The van der Waals surface area contributed by atoms with Gasteiger partial charge in [0.25, 0.3) is 0 Å². The van der Waals surface area contributed by atoms with E-state index in [-0.39, 0.29) is 83.8 Å². The van der Waals surface area contributed by atoms with Gasteiger partial charge in [-0.25, -0.2) is 0 Å². The molecule has 0 spiro atoms. The molecule has 0 aliphatic carbocycles. The first-order valence-electron chi connectivity index (χ1n) is 1.56. The smallest absolute Gasteiger partial charge is 1.00 e. The molecule has 0 heterocycles. The summed E-state index contributed by atoms with van der Waals surface area (Å²) in [5.41, 5.74) is 0. The van der Waals surface area contributed by atoms with Gasteiger partial charge >= 0.3 is 92.9 Å². The van der Waals surface area contributed by atoms with Crippen LogP contribution in [0.4, 0.5) is 0 Å². The molecule has 0 bridgehead atoms. The molecule has 4 nitrogen and oxygen atoms in total. The van der Waals surface area contributed by atoms with Crippen molar-refractivity contribution in [1.29, 1.82) is 0 Å². The van der Waals surface area contributed by atoms with Crippen molar-refractivity contribution in [1.82, 2.24) is 0 Å². The van der Waals surface area contributed by atoms with Crippen LogP contribution >= 0.6 is 0 Å². The Hall–Kier alpha value is 1.58. The van der Waals surface area contributed by atoms with Gasteiger partial charge in [-0.1, -0.05) is 0 Å². The zero-order valence-corrected chi connectivity index (χ0v) is 10.5. The van der Waals surface area contributed by atoms with Crippen LogP contribution in [0.3, 0.4) is 0 Å². The zero-order chi connectivity index (χ0) is 5.86. The maximum Gasteiger partial charge on any atom is 1.00 e. The minimum atomic E-state index is -1.31. The number of carbonyl (C=O) groups is 2. The molecule has 0 fully saturated rings. The van der Waals surface area contributed by atoms with Crippen molar-refractivity contribution >= 4 is 11.9 Å². The molecule has 2 N–H and O–H groups in total. The SMILES string of the molecule is O=C(O)CC(=O)O.[H-].[H-].[K+].[Na+]. The molecule has 0 aromatic carbocycles. The summed E-state index contributed by atoms with van der Waals surface area (Å²) in [7, 11) is 0. The Morgan fingerprint density at radius 2 is 1.44 bits per heavy atom. The number of hydrogen-bond donors (Lipinski definition) is 2. The Morgan fingerprint density at radius 1 is 1.22 bits per heavy atom. The third-order valence-electron chi connectivity index (χ3n) is 0.302. The number of carboxylic acid groups (broad SMARTS) is 2. The molecule has 0 unspecified atom stereocenters. The summed E-state index contributed by atoms with van der Waals surface area (Å²) in [5, 5.41) is 15.4. The van der Waals surface area contributed by atoms with Gasteiger partial charge in [-0.3, -0.25) is 9.59 Å². The average molecular weight is 168 g/mol. The number of hydrogen-bond acceptors (Lipinski definition) is 2. The van der Waals surface area contributed by atoms with Gasteiger partial charge < -0.3 is 13.1 Å². The second-order valence-corrected chi connectivity index (χ2v) is 0.964. The van der Waals surface area contributed by atoms with Gasteiger partial charge in [0.15, 0.2) is 0 Å². The molecule has 0 aliphatic rings. The van der Waals surface area contributed by atoms with Gasteiger partial charge in [-0.05, 0) is 0 Å². The van der Waals surface area contributed by atoms with Gasteiger partial charge in [-0.15, -0.1) is 0 Å². The van der Waals surface area contributed by atoms with Crippen molar-refractivity contribution in [3.8, 4) is 0 Å². The van der Waals surface area contributed by atoms with Crippen LogP contribution in [0.5, 0.6) is 0 Å². The van der Waals surface area contributed by atoms with E-state index in [2.05, 4.69) is 0 Å². The van der Waals surface area contributed by atoms with Crippen molar-refractivity contribution < 1.29 is 104 Å². The standard InChI is InChI=1S/C3H4O4.K.Na.2H/c4-2(5)1-3(6)7;;;;/h1H2,(H,4,5)(H,6,7);;;;/q;2*+1;2*-1. The maximum atomic E-state index is 9.43. The van der Waals surface area contributed by atoms with E-state index in [1.807, 2.05) is 0 Å². The summed E-state index contributed by atoms with van der Waals surface area (Å²) in [5.74, 6) is -2.62. The topological polar surface area (TPSA) is 74.6 Å². The van der Waals surface area contributed by atoms with Crippen LogP contribution in [0.2, 0.25) is 0 Å². The molecule has 0 atom stereocenters. The maximum absolute atomic E-state index is 9.43. The predicted octanol–water partition coefficient (Wildman–Crippen LogP) is -6.22. The fraction of sp³-hybridized carbons (Fsp3) is 0.333. The first kappa shape index (κ1) is 16.9. The van der Waals surface area contributed by atoms with E-state index in [9.17, 15) is 9.59 Å². The summed E-state index contributed by atoms with van der Waals surface area (Å²) in [6.07, 6.45) is -0.806. The largest absolute Gasteiger partial charge is 1.00 e. The summed E-state index contributed by atoms with van der Waals surface area (Å²) in [6.45, 7) is 0. The average Bonchev–Trinajstić information content (AvgIpc) is 1.27. The van der Waals surface area contributed by atoms with Crippen LogP contribution in [-0.2, 0) is 9.59 Å². The quantitative estimate of drug-likeness (QED) is 0.318. The van der Waals surface area contributed by atoms with Crippen molar-refractivity contribution in [2.75, 3.05) is 0 Å². The van der Waals surface area contributed by atoms with E-state index in [1.165, 1.54) is 0 Å². The second kappa shape index (κ2) is 9.58. The van der Waals surface area contributed by atoms with E-state index >= 15 is 0 Å². The molecular weight excluding hydrogens is 162 g/mol. The zero-order valence-electron chi connectivity index (χ0n) is 7.42. The van der Waals surface area contributed by atoms with Gasteiger partial charge in [-0.2, -0.15) is 0 Å². The van der Waals surface area contributed by atoms with Crippen LogP contribution in [0.1, 0.15) is 9.27 Å². The molecule has 0 aromatic heterocycles.